The number of sulfonamides is 1. The van der Waals surface area contributed by atoms with E-state index in [-0.39, 0.29) is 23.4 Å². The highest BCUT2D eigenvalue weighted by Gasteiger charge is 2.49. The van der Waals surface area contributed by atoms with Gasteiger partial charge in [0.25, 0.3) is 5.91 Å². The van der Waals surface area contributed by atoms with Crippen LogP contribution in [-0.4, -0.2) is 61.2 Å². The van der Waals surface area contributed by atoms with Crippen molar-refractivity contribution in [3.8, 4) is 5.75 Å². The SMILES string of the molecule is CS(=O)(=O)N[C@H]1CCCC[C@@H]1N1C(=O)c2ccccc2[C@@H](C(=O)NCc2ccc(OCC(=O)O)cc2)[C@@H]1c1ccc(Cl)cc1Cl. The van der Waals surface area contributed by atoms with Gasteiger partial charge in [-0.15, -0.1) is 0 Å². The van der Waals surface area contributed by atoms with Gasteiger partial charge in [0.2, 0.25) is 15.9 Å². The van der Waals surface area contributed by atoms with Crippen molar-refractivity contribution in [2.24, 2.45) is 0 Å². The maximum absolute atomic E-state index is 14.4. The van der Waals surface area contributed by atoms with Crippen LogP contribution in [0, 0.1) is 0 Å². The first kappa shape index (κ1) is 32.7. The number of hydrogen-bond acceptors (Lipinski definition) is 6. The van der Waals surface area contributed by atoms with Crippen LogP contribution in [0.1, 0.15) is 64.7 Å². The predicted octanol–water partition coefficient (Wildman–Crippen LogP) is 4.91. The van der Waals surface area contributed by atoms with E-state index >= 15 is 0 Å². The lowest BCUT2D eigenvalue weighted by Gasteiger charge is -2.49. The van der Waals surface area contributed by atoms with Crippen LogP contribution < -0.4 is 14.8 Å². The second kappa shape index (κ2) is 13.8. The summed E-state index contributed by atoms with van der Waals surface area (Å²) in [5, 5.41) is 12.5. The normalized spacial score (nSPS) is 21.6. The Morgan fingerprint density at radius 2 is 1.71 bits per heavy atom. The molecule has 238 valence electrons. The van der Waals surface area contributed by atoms with E-state index in [1.165, 1.54) is 0 Å². The first-order valence-electron chi connectivity index (χ1n) is 14.5. The zero-order chi connectivity index (χ0) is 32.3. The van der Waals surface area contributed by atoms with Gasteiger partial charge in [0, 0.05) is 34.2 Å². The first-order valence-corrected chi connectivity index (χ1v) is 17.1. The Morgan fingerprint density at radius 3 is 2.40 bits per heavy atom. The second-order valence-electron chi connectivity index (χ2n) is 11.3. The number of benzene rings is 3. The number of ether oxygens (including phenoxy) is 1. The van der Waals surface area contributed by atoms with Crippen LogP contribution in [0.2, 0.25) is 10.0 Å². The smallest absolute Gasteiger partial charge is 0.341 e. The molecule has 5 rings (SSSR count). The summed E-state index contributed by atoms with van der Waals surface area (Å²) in [6.07, 6.45) is 3.74. The molecular weight excluding hydrogens is 641 g/mol. The van der Waals surface area contributed by atoms with E-state index in [0.717, 1.165) is 24.7 Å². The molecule has 1 aliphatic carbocycles. The number of nitrogens with one attached hydrogen (secondary N) is 2. The Labute approximate surface area is 271 Å². The fourth-order valence-corrected chi connectivity index (χ4v) is 7.62. The van der Waals surface area contributed by atoms with Crippen LogP contribution in [0.25, 0.3) is 0 Å². The molecule has 45 heavy (non-hydrogen) atoms. The number of carbonyl (C=O) groups is 3. The van der Waals surface area contributed by atoms with Gasteiger partial charge in [-0.3, -0.25) is 9.59 Å². The molecule has 0 aromatic heterocycles. The molecule has 0 unspecified atom stereocenters. The molecule has 3 aromatic carbocycles. The van der Waals surface area contributed by atoms with Gasteiger partial charge in [0.05, 0.1) is 18.2 Å². The number of fused-ring (bicyclic) bond motifs is 1. The van der Waals surface area contributed by atoms with E-state index in [1.807, 2.05) is 0 Å². The van der Waals surface area contributed by atoms with Gasteiger partial charge < -0.3 is 20.1 Å². The number of amides is 2. The van der Waals surface area contributed by atoms with Crippen LogP contribution in [-0.2, 0) is 26.2 Å². The summed E-state index contributed by atoms with van der Waals surface area (Å²) in [5.74, 6) is -2.27. The quantitative estimate of drug-likeness (QED) is 0.277. The molecule has 1 heterocycles. The number of carbonyl (C=O) groups excluding carboxylic acids is 2. The molecule has 10 nitrogen and oxygen atoms in total. The molecule has 0 spiro atoms. The van der Waals surface area contributed by atoms with Gasteiger partial charge in [-0.1, -0.05) is 72.4 Å². The zero-order valence-electron chi connectivity index (χ0n) is 24.4. The van der Waals surface area contributed by atoms with Crippen molar-refractivity contribution < 1.29 is 32.6 Å². The largest absolute Gasteiger partial charge is 0.482 e. The van der Waals surface area contributed by atoms with Crippen LogP contribution in [0.3, 0.4) is 0 Å². The summed E-state index contributed by atoms with van der Waals surface area (Å²) in [6.45, 7) is -0.323. The van der Waals surface area contributed by atoms with Crippen molar-refractivity contribution >= 4 is 51.0 Å². The minimum Gasteiger partial charge on any atom is -0.482 e. The van der Waals surface area contributed by atoms with Crippen molar-refractivity contribution in [3.63, 3.8) is 0 Å². The van der Waals surface area contributed by atoms with Gasteiger partial charge in [0.15, 0.2) is 6.61 Å². The van der Waals surface area contributed by atoms with E-state index in [1.54, 1.807) is 71.6 Å². The van der Waals surface area contributed by atoms with Crippen molar-refractivity contribution in [2.45, 2.75) is 56.3 Å². The standard InChI is InChI=1S/C32H33Cl2N3O7S/c1-45(42,43)36-26-8-4-5-9-27(26)37-30(24-15-12-20(33)16-25(24)34)29(22-6-2-3-7-23(22)32(37)41)31(40)35-17-19-10-13-21(14-11-19)44-18-28(38)39/h2-3,6-7,10-16,26-27,29-30,36H,4-5,8-9,17-18H2,1H3,(H,35,40)(H,38,39)/t26-,27-,29+,30-/m0/s1. The number of carboxylic acids is 1. The lowest BCUT2D eigenvalue weighted by Crippen LogP contribution is -2.59. The van der Waals surface area contributed by atoms with Crippen LogP contribution in [0.15, 0.2) is 66.7 Å². The van der Waals surface area contributed by atoms with Gasteiger partial charge in [-0.05, 0) is 59.9 Å². The van der Waals surface area contributed by atoms with Crippen molar-refractivity contribution in [1.82, 2.24) is 14.9 Å². The molecule has 0 bridgehead atoms. The molecule has 13 heteroatoms. The summed E-state index contributed by atoms with van der Waals surface area (Å²) < 4.78 is 32.7. The predicted molar refractivity (Wildman–Crippen MR) is 170 cm³/mol. The average molecular weight is 675 g/mol. The highest BCUT2D eigenvalue weighted by atomic mass is 35.5. The van der Waals surface area contributed by atoms with Gasteiger partial charge >= 0.3 is 5.97 Å². The fourth-order valence-electron chi connectivity index (χ4n) is 6.28. The number of nitrogens with zero attached hydrogens (tertiary/aromatic N) is 1. The highest BCUT2D eigenvalue weighted by molar-refractivity contribution is 7.88. The number of hydrogen-bond donors (Lipinski definition) is 3. The summed E-state index contributed by atoms with van der Waals surface area (Å²) in [6, 6.07) is 16.6. The molecule has 1 saturated carbocycles. The number of carboxylic acid groups (broad SMARTS) is 1. The molecule has 1 aliphatic heterocycles. The Kier molecular flexibility index (Phi) is 10.0. The molecule has 2 aliphatic rings. The highest BCUT2D eigenvalue weighted by Crippen LogP contribution is 2.48. The molecule has 2 amide bonds. The minimum absolute atomic E-state index is 0.146. The third-order valence-corrected chi connectivity index (χ3v) is 9.44. The fraction of sp³-hybridized carbons (Fsp3) is 0.344. The van der Waals surface area contributed by atoms with Crippen molar-refractivity contribution in [3.05, 3.63) is 99.0 Å². The third-order valence-electron chi connectivity index (χ3n) is 8.14. The monoisotopic (exact) mass is 673 g/mol. The molecule has 3 aromatic rings. The Morgan fingerprint density at radius 1 is 1.00 bits per heavy atom. The molecule has 4 atom stereocenters. The van der Waals surface area contributed by atoms with E-state index in [0.29, 0.717) is 40.3 Å². The second-order valence-corrected chi connectivity index (χ2v) is 13.9. The van der Waals surface area contributed by atoms with Gasteiger partial charge in [-0.25, -0.2) is 17.9 Å². The average Bonchev–Trinajstić information content (AvgIpc) is 2.99. The Balaban J connectivity index is 1.55. The first-order chi connectivity index (χ1) is 21.4. The summed E-state index contributed by atoms with van der Waals surface area (Å²) in [4.78, 5) is 41.1. The van der Waals surface area contributed by atoms with Crippen LogP contribution in [0.4, 0.5) is 0 Å². The Bertz CT molecular complexity index is 1700. The van der Waals surface area contributed by atoms with E-state index in [2.05, 4.69) is 10.0 Å². The lowest BCUT2D eigenvalue weighted by molar-refractivity contribution is -0.139. The lowest BCUT2D eigenvalue weighted by atomic mass is 9.76. The third kappa shape index (κ3) is 7.61. The molecule has 3 N–H and O–H groups in total. The molecular formula is C32H33Cl2N3O7S. The van der Waals surface area contributed by atoms with Crippen LogP contribution in [0.5, 0.6) is 5.75 Å². The molecule has 1 fully saturated rings. The minimum atomic E-state index is -3.60. The van der Waals surface area contributed by atoms with Gasteiger partial charge in [0.1, 0.15) is 5.75 Å². The van der Waals surface area contributed by atoms with E-state index in [9.17, 15) is 22.8 Å². The number of halogens is 2. The summed E-state index contributed by atoms with van der Waals surface area (Å²) in [5.41, 5.74) is 2.16. The topological polar surface area (TPSA) is 142 Å². The van der Waals surface area contributed by atoms with E-state index in [4.69, 9.17) is 33.0 Å². The van der Waals surface area contributed by atoms with Gasteiger partial charge in [-0.2, -0.15) is 0 Å². The maximum atomic E-state index is 14.4. The van der Waals surface area contributed by atoms with Crippen LogP contribution >= 0.6 is 23.2 Å². The number of aliphatic carboxylic acids is 1. The van der Waals surface area contributed by atoms with Crippen molar-refractivity contribution in [2.75, 3.05) is 12.9 Å². The summed E-state index contributed by atoms with van der Waals surface area (Å²) >= 11 is 13.0. The molecule has 0 radical (unpaired) electrons. The van der Waals surface area contributed by atoms with E-state index < -0.39 is 46.6 Å². The summed E-state index contributed by atoms with van der Waals surface area (Å²) in [7, 11) is -3.60. The zero-order valence-corrected chi connectivity index (χ0v) is 26.7. The number of rotatable bonds is 10. The van der Waals surface area contributed by atoms with Crippen molar-refractivity contribution in [1.29, 1.82) is 0 Å². The molecule has 0 saturated heterocycles. The Hall–Kier alpha value is -3.64. The maximum Gasteiger partial charge on any atom is 0.341 e.